The van der Waals surface area contributed by atoms with E-state index in [0.29, 0.717) is 0 Å². The standard InChI is InChI=1S/C14H23BrN4/c1-3-8-16-13-12(15)11(2)17-14(18-13)19-9-6-4-5-7-10-19/h3-10H2,1-2H3,(H,16,17,18). The van der Waals surface area contributed by atoms with E-state index in [1.165, 1.54) is 25.7 Å². The quantitative estimate of drug-likeness (QED) is 0.914. The van der Waals surface area contributed by atoms with Crippen LogP contribution in [0.15, 0.2) is 4.47 Å². The average molecular weight is 327 g/mol. The van der Waals surface area contributed by atoms with Crippen LogP contribution in [0, 0.1) is 6.92 Å². The van der Waals surface area contributed by atoms with Gasteiger partial charge in [0.05, 0.1) is 10.2 Å². The molecular formula is C14H23BrN4. The van der Waals surface area contributed by atoms with Crippen LogP contribution in [0.4, 0.5) is 11.8 Å². The lowest BCUT2D eigenvalue weighted by molar-refractivity contribution is 0.726. The van der Waals surface area contributed by atoms with Crippen molar-refractivity contribution in [2.45, 2.75) is 46.0 Å². The first-order valence-corrected chi connectivity index (χ1v) is 8.04. The molecule has 1 fully saturated rings. The van der Waals surface area contributed by atoms with E-state index in [2.05, 4.69) is 38.1 Å². The molecule has 1 N–H and O–H groups in total. The second-order valence-electron chi connectivity index (χ2n) is 5.10. The summed E-state index contributed by atoms with van der Waals surface area (Å²) in [6, 6.07) is 0. The molecular weight excluding hydrogens is 304 g/mol. The number of anilines is 2. The van der Waals surface area contributed by atoms with Crippen molar-refractivity contribution in [3.05, 3.63) is 10.2 Å². The normalized spacial score (nSPS) is 16.3. The monoisotopic (exact) mass is 326 g/mol. The topological polar surface area (TPSA) is 41.1 Å². The minimum Gasteiger partial charge on any atom is -0.369 e. The van der Waals surface area contributed by atoms with Gasteiger partial charge in [-0.25, -0.2) is 4.98 Å². The number of rotatable bonds is 4. The summed E-state index contributed by atoms with van der Waals surface area (Å²) in [5.74, 6) is 1.80. The van der Waals surface area contributed by atoms with E-state index in [1.807, 2.05) is 6.92 Å². The zero-order chi connectivity index (χ0) is 13.7. The molecule has 0 saturated carbocycles. The van der Waals surface area contributed by atoms with Crippen molar-refractivity contribution < 1.29 is 0 Å². The molecule has 106 valence electrons. The van der Waals surface area contributed by atoms with Gasteiger partial charge in [0.25, 0.3) is 0 Å². The first-order chi connectivity index (χ1) is 9.22. The number of nitrogens with zero attached hydrogens (tertiary/aromatic N) is 3. The van der Waals surface area contributed by atoms with Crippen LogP contribution in [-0.4, -0.2) is 29.6 Å². The van der Waals surface area contributed by atoms with Gasteiger partial charge in [0, 0.05) is 19.6 Å². The molecule has 4 nitrogen and oxygen atoms in total. The Morgan fingerprint density at radius 1 is 1.16 bits per heavy atom. The second kappa shape index (κ2) is 7.08. The number of nitrogens with one attached hydrogen (secondary N) is 1. The van der Waals surface area contributed by atoms with Crippen molar-refractivity contribution in [3.8, 4) is 0 Å². The third kappa shape index (κ3) is 3.81. The highest BCUT2D eigenvalue weighted by atomic mass is 79.9. The Morgan fingerprint density at radius 2 is 1.84 bits per heavy atom. The molecule has 5 heteroatoms. The van der Waals surface area contributed by atoms with Gasteiger partial charge < -0.3 is 10.2 Å². The Kier molecular flexibility index (Phi) is 5.43. The highest BCUT2D eigenvalue weighted by molar-refractivity contribution is 9.10. The summed E-state index contributed by atoms with van der Waals surface area (Å²) in [4.78, 5) is 11.7. The van der Waals surface area contributed by atoms with Crippen molar-refractivity contribution in [3.63, 3.8) is 0 Å². The molecule has 0 spiro atoms. The van der Waals surface area contributed by atoms with Gasteiger partial charge in [0.1, 0.15) is 5.82 Å². The van der Waals surface area contributed by atoms with Gasteiger partial charge in [-0.05, 0) is 42.1 Å². The van der Waals surface area contributed by atoms with Gasteiger partial charge in [0.2, 0.25) is 5.95 Å². The fraction of sp³-hybridized carbons (Fsp3) is 0.714. The smallest absolute Gasteiger partial charge is 0.227 e. The van der Waals surface area contributed by atoms with Crippen LogP contribution in [0.25, 0.3) is 0 Å². The summed E-state index contributed by atoms with van der Waals surface area (Å²) < 4.78 is 0.986. The molecule has 0 aromatic carbocycles. The lowest BCUT2D eigenvalue weighted by atomic mass is 10.2. The van der Waals surface area contributed by atoms with Crippen LogP contribution < -0.4 is 10.2 Å². The summed E-state index contributed by atoms with van der Waals surface area (Å²) in [5.41, 5.74) is 1.01. The van der Waals surface area contributed by atoms with Crippen LogP contribution in [0.3, 0.4) is 0 Å². The predicted octanol–water partition coefficient (Wildman–Crippen LogP) is 3.75. The van der Waals surface area contributed by atoms with Gasteiger partial charge >= 0.3 is 0 Å². The van der Waals surface area contributed by atoms with Crippen LogP contribution in [0.2, 0.25) is 0 Å². The number of aryl methyl sites for hydroxylation is 1. The number of hydrogen-bond acceptors (Lipinski definition) is 4. The predicted molar refractivity (Wildman–Crippen MR) is 83.9 cm³/mol. The minimum absolute atomic E-state index is 0.876. The Hall–Kier alpha value is -0.840. The van der Waals surface area contributed by atoms with Crippen molar-refractivity contribution in [2.75, 3.05) is 29.9 Å². The van der Waals surface area contributed by atoms with Crippen molar-refractivity contribution in [1.29, 1.82) is 0 Å². The van der Waals surface area contributed by atoms with E-state index in [0.717, 1.165) is 48.0 Å². The maximum atomic E-state index is 4.69. The Balaban J connectivity index is 2.21. The lowest BCUT2D eigenvalue weighted by Crippen LogP contribution is -2.26. The molecule has 2 heterocycles. The summed E-state index contributed by atoms with van der Waals surface area (Å²) in [6.07, 6.45) is 6.24. The van der Waals surface area contributed by atoms with Gasteiger partial charge in [-0.15, -0.1) is 0 Å². The van der Waals surface area contributed by atoms with E-state index in [-0.39, 0.29) is 0 Å². The molecule has 1 aromatic rings. The Labute approximate surface area is 124 Å². The lowest BCUT2D eigenvalue weighted by Gasteiger charge is -2.22. The fourth-order valence-electron chi connectivity index (χ4n) is 2.32. The minimum atomic E-state index is 0.876. The van der Waals surface area contributed by atoms with Crippen LogP contribution in [-0.2, 0) is 0 Å². The third-order valence-corrected chi connectivity index (χ3v) is 4.39. The zero-order valence-electron chi connectivity index (χ0n) is 11.9. The maximum absolute atomic E-state index is 4.69. The Bertz CT molecular complexity index is 414. The largest absolute Gasteiger partial charge is 0.369 e. The van der Waals surface area contributed by atoms with E-state index in [4.69, 9.17) is 4.98 Å². The van der Waals surface area contributed by atoms with Gasteiger partial charge in [-0.2, -0.15) is 4.98 Å². The van der Waals surface area contributed by atoms with Crippen molar-refractivity contribution >= 4 is 27.7 Å². The summed E-state index contributed by atoms with van der Waals surface area (Å²) in [5, 5.41) is 3.37. The van der Waals surface area contributed by atoms with Gasteiger partial charge in [-0.1, -0.05) is 19.8 Å². The van der Waals surface area contributed by atoms with Crippen LogP contribution in [0.5, 0.6) is 0 Å². The molecule has 0 aliphatic carbocycles. The first-order valence-electron chi connectivity index (χ1n) is 7.25. The molecule has 1 saturated heterocycles. The third-order valence-electron chi connectivity index (χ3n) is 3.44. The fourth-order valence-corrected chi connectivity index (χ4v) is 2.63. The van der Waals surface area contributed by atoms with Crippen LogP contribution in [0.1, 0.15) is 44.7 Å². The maximum Gasteiger partial charge on any atom is 0.227 e. The van der Waals surface area contributed by atoms with Crippen molar-refractivity contribution in [1.82, 2.24) is 9.97 Å². The Morgan fingerprint density at radius 3 is 2.47 bits per heavy atom. The van der Waals surface area contributed by atoms with Gasteiger partial charge in [0.15, 0.2) is 0 Å². The molecule has 0 atom stereocenters. The second-order valence-corrected chi connectivity index (χ2v) is 5.89. The van der Waals surface area contributed by atoms with Crippen LogP contribution >= 0.6 is 15.9 Å². The van der Waals surface area contributed by atoms with E-state index >= 15 is 0 Å². The summed E-state index contributed by atoms with van der Waals surface area (Å²) in [6.45, 7) is 7.28. The summed E-state index contributed by atoms with van der Waals surface area (Å²) >= 11 is 3.58. The highest BCUT2D eigenvalue weighted by Crippen LogP contribution is 2.26. The SMILES string of the molecule is CCCNc1nc(N2CCCCCC2)nc(C)c1Br. The highest BCUT2D eigenvalue weighted by Gasteiger charge is 2.16. The van der Waals surface area contributed by atoms with E-state index in [1.54, 1.807) is 0 Å². The molecule has 19 heavy (non-hydrogen) atoms. The average Bonchev–Trinajstić information content (AvgIpc) is 2.69. The number of aromatic nitrogens is 2. The molecule has 1 aromatic heterocycles. The number of halogens is 1. The zero-order valence-corrected chi connectivity index (χ0v) is 13.5. The molecule has 2 rings (SSSR count). The molecule has 0 amide bonds. The molecule has 0 bridgehead atoms. The van der Waals surface area contributed by atoms with E-state index < -0.39 is 0 Å². The first kappa shape index (κ1) is 14.6. The van der Waals surface area contributed by atoms with Crippen molar-refractivity contribution in [2.24, 2.45) is 0 Å². The molecule has 1 aliphatic rings. The molecule has 0 radical (unpaired) electrons. The van der Waals surface area contributed by atoms with Gasteiger partial charge in [-0.3, -0.25) is 0 Å². The molecule has 0 unspecified atom stereocenters. The molecule has 1 aliphatic heterocycles. The summed E-state index contributed by atoms with van der Waals surface area (Å²) in [7, 11) is 0. The van der Waals surface area contributed by atoms with E-state index in [9.17, 15) is 0 Å². The number of hydrogen-bond donors (Lipinski definition) is 1.